The molecule has 0 aliphatic rings. The van der Waals surface area contributed by atoms with E-state index >= 15 is 0 Å². The van der Waals surface area contributed by atoms with Crippen LogP contribution in [0, 0.1) is 0 Å². The molecule has 1 heterocycles. The highest BCUT2D eigenvalue weighted by atomic mass is 16.5. The molecule has 0 radical (unpaired) electrons. The third-order valence-corrected chi connectivity index (χ3v) is 4.12. The lowest BCUT2D eigenvalue weighted by atomic mass is 10.1. The molecule has 2 aromatic carbocycles. The summed E-state index contributed by atoms with van der Waals surface area (Å²) in [4.78, 5) is 0. The standard InChI is InChI=1S/C21H24NO2/c1-4-18(23-6-3)15-21-22(5-2)19-14-17(12-13-20(19)24-21)16-10-8-7-9-11-16/h7-15H,4-6H2,1-3H3/q+1/b18-15+. The van der Waals surface area contributed by atoms with E-state index in [2.05, 4.69) is 54.8 Å². The summed E-state index contributed by atoms with van der Waals surface area (Å²) in [5.74, 6) is 1.78. The van der Waals surface area contributed by atoms with E-state index in [0.29, 0.717) is 6.61 Å². The zero-order valence-corrected chi connectivity index (χ0v) is 14.6. The van der Waals surface area contributed by atoms with Gasteiger partial charge in [-0.1, -0.05) is 43.3 Å². The number of oxazole rings is 1. The Morgan fingerprint density at radius 3 is 2.50 bits per heavy atom. The van der Waals surface area contributed by atoms with E-state index in [-0.39, 0.29) is 0 Å². The topological polar surface area (TPSA) is 26.2 Å². The Balaban J connectivity index is 2.10. The molecule has 0 atom stereocenters. The number of benzene rings is 2. The van der Waals surface area contributed by atoms with Gasteiger partial charge >= 0.3 is 5.89 Å². The summed E-state index contributed by atoms with van der Waals surface area (Å²) >= 11 is 0. The van der Waals surface area contributed by atoms with Crippen LogP contribution in [0.5, 0.6) is 0 Å². The van der Waals surface area contributed by atoms with Gasteiger partial charge in [0.1, 0.15) is 12.3 Å². The molecule has 124 valence electrons. The Kier molecular flexibility index (Phi) is 4.99. The molecule has 0 spiro atoms. The molecule has 3 rings (SSSR count). The highest BCUT2D eigenvalue weighted by Crippen LogP contribution is 2.24. The van der Waals surface area contributed by atoms with Crippen LogP contribution in [-0.4, -0.2) is 6.61 Å². The SMILES string of the molecule is CCO/C(=C/c1oc2ccc(-c3ccccc3)cc2[n+]1CC)CC. The van der Waals surface area contributed by atoms with Crippen molar-refractivity contribution in [1.29, 1.82) is 0 Å². The molecule has 0 unspecified atom stereocenters. The second kappa shape index (κ2) is 7.35. The number of ether oxygens (including phenoxy) is 1. The van der Waals surface area contributed by atoms with Crippen molar-refractivity contribution in [2.45, 2.75) is 33.7 Å². The minimum atomic E-state index is 0.671. The number of nitrogens with zero attached hydrogens (tertiary/aromatic N) is 1. The van der Waals surface area contributed by atoms with Gasteiger partial charge in [-0.2, -0.15) is 4.57 Å². The minimum absolute atomic E-state index is 0.671. The van der Waals surface area contributed by atoms with E-state index in [1.165, 1.54) is 11.1 Å². The first kappa shape index (κ1) is 16.3. The number of rotatable bonds is 6. The summed E-state index contributed by atoms with van der Waals surface area (Å²) in [6.45, 7) is 7.74. The minimum Gasteiger partial charge on any atom is -0.498 e. The van der Waals surface area contributed by atoms with Crippen LogP contribution >= 0.6 is 0 Å². The summed E-state index contributed by atoms with van der Waals surface area (Å²) in [6, 6.07) is 16.8. The molecule has 0 saturated heterocycles. The summed E-state index contributed by atoms with van der Waals surface area (Å²) in [7, 11) is 0. The lowest BCUT2D eigenvalue weighted by Gasteiger charge is -2.03. The molecule has 1 aromatic heterocycles. The van der Waals surface area contributed by atoms with Gasteiger partial charge in [0, 0.05) is 12.5 Å². The first-order chi connectivity index (χ1) is 11.8. The molecule has 0 saturated carbocycles. The van der Waals surface area contributed by atoms with Crippen LogP contribution in [0.15, 0.2) is 58.7 Å². The number of aromatic nitrogens is 1. The van der Waals surface area contributed by atoms with Crippen LogP contribution in [0.3, 0.4) is 0 Å². The highest BCUT2D eigenvalue weighted by molar-refractivity contribution is 5.78. The fraction of sp³-hybridized carbons (Fsp3) is 0.286. The second-order valence-corrected chi connectivity index (χ2v) is 5.63. The fourth-order valence-corrected chi connectivity index (χ4v) is 2.91. The number of hydrogen-bond acceptors (Lipinski definition) is 2. The number of hydrogen-bond donors (Lipinski definition) is 0. The van der Waals surface area contributed by atoms with E-state index in [1.54, 1.807) is 0 Å². The van der Waals surface area contributed by atoms with Gasteiger partial charge < -0.3 is 9.15 Å². The van der Waals surface area contributed by atoms with Crippen LogP contribution in [0.25, 0.3) is 28.3 Å². The normalized spacial score (nSPS) is 11.9. The van der Waals surface area contributed by atoms with Gasteiger partial charge in [0.25, 0.3) is 5.52 Å². The molecule has 0 fully saturated rings. The molecule has 0 amide bonds. The summed E-state index contributed by atoms with van der Waals surface area (Å²) in [5.41, 5.74) is 4.41. The van der Waals surface area contributed by atoms with Crippen molar-refractivity contribution in [3.8, 4) is 11.1 Å². The van der Waals surface area contributed by atoms with Gasteiger partial charge in [-0.3, -0.25) is 0 Å². The first-order valence-electron chi connectivity index (χ1n) is 8.62. The van der Waals surface area contributed by atoms with E-state index < -0.39 is 0 Å². The quantitative estimate of drug-likeness (QED) is 0.461. The lowest BCUT2D eigenvalue weighted by molar-refractivity contribution is -0.674. The zero-order chi connectivity index (χ0) is 16.9. The molecule has 0 N–H and O–H groups in total. The Labute approximate surface area is 143 Å². The summed E-state index contributed by atoms with van der Waals surface area (Å²) in [5, 5.41) is 0. The van der Waals surface area contributed by atoms with Crippen molar-refractivity contribution in [1.82, 2.24) is 0 Å². The van der Waals surface area contributed by atoms with Crippen LogP contribution in [0.2, 0.25) is 0 Å². The van der Waals surface area contributed by atoms with Crippen molar-refractivity contribution < 1.29 is 13.7 Å². The predicted octanol–water partition coefficient (Wildman–Crippen LogP) is 5.19. The van der Waals surface area contributed by atoms with Gasteiger partial charge in [-0.25, -0.2) is 0 Å². The van der Waals surface area contributed by atoms with Crippen molar-refractivity contribution in [3.63, 3.8) is 0 Å². The van der Waals surface area contributed by atoms with Gasteiger partial charge in [-0.15, -0.1) is 0 Å². The third-order valence-electron chi connectivity index (χ3n) is 4.12. The Bertz CT molecular complexity index is 847. The highest BCUT2D eigenvalue weighted by Gasteiger charge is 2.21. The fourth-order valence-electron chi connectivity index (χ4n) is 2.91. The molecule has 24 heavy (non-hydrogen) atoms. The Hall–Kier alpha value is -2.55. The average molecular weight is 322 g/mol. The van der Waals surface area contributed by atoms with Crippen molar-refractivity contribution >= 4 is 17.2 Å². The molecule has 3 heteroatoms. The maximum absolute atomic E-state index is 6.07. The number of fused-ring (bicyclic) bond motifs is 1. The molecular weight excluding hydrogens is 298 g/mol. The van der Waals surface area contributed by atoms with Crippen LogP contribution in [-0.2, 0) is 11.3 Å². The van der Waals surface area contributed by atoms with Crippen molar-refractivity contribution in [3.05, 3.63) is 60.2 Å². The molecule has 0 bridgehead atoms. The van der Waals surface area contributed by atoms with E-state index in [1.807, 2.05) is 25.1 Å². The van der Waals surface area contributed by atoms with Crippen LogP contribution < -0.4 is 4.57 Å². The van der Waals surface area contributed by atoms with Crippen LogP contribution in [0.4, 0.5) is 0 Å². The number of allylic oxidation sites excluding steroid dienone is 1. The zero-order valence-electron chi connectivity index (χ0n) is 14.6. The van der Waals surface area contributed by atoms with E-state index in [4.69, 9.17) is 9.15 Å². The van der Waals surface area contributed by atoms with Crippen LogP contribution in [0.1, 0.15) is 33.1 Å². The Morgan fingerprint density at radius 1 is 1.04 bits per heavy atom. The molecular formula is C21H24NO2+. The van der Waals surface area contributed by atoms with Crippen molar-refractivity contribution in [2.24, 2.45) is 0 Å². The van der Waals surface area contributed by atoms with E-state index in [0.717, 1.165) is 35.7 Å². The maximum atomic E-state index is 6.07. The molecule has 0 aliphatic heterocycles. The molecule has 3 aromatic rings. The third kappa shape index (κ3) is 3.21. The average Bonchev–Trinajstić information content (AvgIpc) is 2.98. The van der Waals surface area contributed by atoms with Gasteiger partial charge in [-0.05, 0) is 31.0 Å². The van der Waals surface area contributed by atoms with Gasteiger partial charge in [0.15, 0.2) is 0 Å². The summed E-state index contributed by atoms with van der Waals surface area (Å²) < 4.78 is 13.9. The Morgan fingerprint density at radius 2 is 1.83 bits per heavy atom. The maximum Gasteiger partial charge on any atom is 0.377 e. The monoisotopic (exact) mass is 322 g/mol. The largest absolute Gasteiger partial charge is 0.498 e. The van der Waals surface area contributed by atoms with Crippen molar-refractivity contribution in [2.75, 3.05) is 6.61 Å². The first-order valence-corrected chi connectivity index (χ1v) is 8.62. The molecule has 3 nitrogen and oxygen atoms in total. The predicted molar refractivity (Wildman–Crippen MR) is 97.4 cm³/mol. The smallest absolute Gasteiger partial charge is 0.377 e. The van der Waals surface area contributed by atoms with E-state index in [9.17, 15) is 0 Å². The molecule has 0 aliphatic carbocycles. The van der Waals surface area contributed by atoms with Gasteiger partial charge in [0.2, 0.25) is 5.58 Å². The number of aryl methyl sites for hydroxylation is 1. The summed E-state index contributed by atoms with van der Waals surface area (Å²) in [6.07, 6.45) is 2.86. The second-order valence-electron chi connectivity index (χ2n) is 5.63. The van der Waals surface area contributed by atoms with Gasteiger partial charge in [0.05, 0.1) is 12.7 Å². The lowest BCUT2D eigenvalue weighted by Crippen LogP contribution is -2.33.